The number of nitrogens with zero attached hydrogens (tertiary/aromatic N) is 5. The van der Waals surface area contributed by atoms with Gasteiger partial charge in [-0.05, 0) is 83.4 Å². The van der Waals surface area contributed by atoms with Gasteiger partial charge >= 0.3 is 0 Å². The van der Waals surface area contributed by atoms with E-state index in [-0.39, 0.29) is 0 Å². The molecule has 0 spiro atoms. The standard InChI is InChI=1S/C45H25N5/c46-26-29-19-21-43-40(22-29)39-15-7-11-34(28-48)45(39)50(43)44-23-30(27-47)18-20-36(44)33-10-5-8-31(24-33)32-9-6-12-35(25-32)49-41-16-3-1-13-37(41)38-14-2-4-17-42(38)49/h1-25H. The van der Waals surface area contributed by atoms with Crippen LogP contribution < -0.4 is 0 Å². The Balaban J connectivity index is 1.24. The van der Waals surface area contributed by atoms with E-state index in [1.54, 1.807) is 6.07 Å². The van der Waals surface area contributed by atoms with Crippen LogP contribution in [0.2, 0.25) is 0 Å². The Labute approximate surface area is 287 Å². The molecule has 2 heterocycles. The van der Waals surface area contributed by atoms with Crippen molar-refractivity contribution < 1.29 is 0 Å². The molecule has 0 aliphatic heterocycles. The number of aromatic nitrogens is 2. The lowest BCUT2D eigenvalue weighted by molar-refractivity contribution is 1.17. The summed E-state index contributed by atoms with van der Waals surface area (Å²) in [7, 11) is 0. The van der Waals surface area contributed by atoms with E-state index in [1.165, 1.54) is 10.8 Å². The summed E-state index contributed by atoms with van der Waals surface area (Å²) in [5, 5.41) is 34.1. The van der Waals surface area contributed by atoms with Crippen molar-refractivity contribution in [2.45, 2.75) is 0 Å². The van der Waals surface area contributed by atoms with Gasteiger partial charge in [0.2, 0.25) is 0 Å². The van der Waals surface area contributed by atoms with Crippen LogP contribution in [0.25, 0.3) is 77.2 Å². The molecule has 50 heavy (non-hydrogen) atoms. The maximum atomic E-state index is 10.2. The minimum Gasteiger partial charge on any atom is -0.309 e. The molecule has 0 aliphatic rings. The molecule has 0 atom stereocenters. The molecule has 0 N–H and O–H groups in total. The van der Waals surface area contributed by atoms with Crippen molar-refractivity contribution in [3.8, 4) is 51.8 Å². The van der Waals surface area contributed by atoms with Crippen molar-refractivity contribution >= 4 is 43.6 Å². The Morgan fingerprint density at radius 2 is 1.00 bits per heavy atom. The molecule has 7 aromatic carbocycles. The minimum absolute atomic E-state index is 0.511. The zero-order valence-electron chi connectivity index (χ0n) is 26.7. The Hall–Kier alpha value is -7.39. The van der Waals surface area contributed by atoms with Crippen molar-refractivity contribution in [3.63, 3.8) is 0 Å². The molecule has 5 heteroatoms. The number of rotatable bonds is 4. The topological polar surface area (TPSA) is 81.2 Å². The van der Waals surface area contributed by atoms with Gasteiger partial charge in [-0.2, -0.15) is 15.8 Å². The second-order valence-electron chi connectivity index (χ2n) is 12.3. The molecule has 230 valence electrons. The van der Waals surface area contributed by atoms with Crippen LogP contribution >= 0.6 is 0 Å². The first-order valence-corrected chi connectivity index (χ1v) is 16.3. The third-order valence-electron chi connectivity index (χ3n) is 9.60. The monoisotopic (exact) mass is 635 g/mol. The molecular formula is C45H25N5. The second kappa shape index (κ2) is 11.4. The Kier molecular flexibility index (Phi) is 6.56. The van der Waals surface area contributed by atoms with E-state index >= 15 is 0 Å². The molecule has 9 aromatic rings. The van der Waals surface area contributed by atoms with Gasteiger partial charge in [0.05, 0.1) is 56.6 Å². The number of hydrogen-bond donors (Lipinski definition) is 0. The van der Waals surface area contributed by atoms with E-state index < -0.39 is 0 Å². The fourth-order valence-electron chi connectivity index (χ4n) is 7.40. The average Bonchev–Trinajstić information content (AvgIpc) is 3.70. The van der Waals surface area contributed by atoms with Crippen LogP contribution in [0.4, 0.5) is 0 Å². The molecule has 0 radical (unpaired) electrons. The molecule has 2 aromatic heterocycles. The predicted octanol–water partition coefficient (Wildman–Crippen LogP) is 10.8. The van der Waals surface area contributed by atoms with Crippen LogP contribution in [0.1, 0.15) is 16.7 Å². The maximum Gasteiger partial charge on any atom is 0.101 e. The Bertz CT molecular complexity index is 2920. The van der Waals surface area contributed by atoms with Crippen LogP contribution in [0.15, 0.2) is 152 Å². The number of hydrogen-bond acceptors (Lipinski definition) is 3. The van der Waals surface area contributed by atoms with E-state index in [4.69, 9.17) is 0 Å². The van der Waals surface area contributed by atoms with Crippen molar-refractivity contribution in [3.05, 3.63) is 168 Å². The highest BCUT2D eigenvalue weighted by Gasteiger charge is 2.20. The molecular weight excluding hydrogens is 611 g/mol. The number of para-hydroxylation sites is 3. The first-order valence-electron chi connectivity index (χ1n) is 16.3. The SMILES string of the molecule is N#Cc1ccc(-c2cccc(-c3cccc(-n4c5ccccc5c5ccccc54)c3)c2)c(-n2c3ccc(C#N)cc3c3cccc(C#N)c32)c1. The third-order valence-corrected chi connectivity index (χ3v) is 9.60. The molecule has 0 aliphatic carbocycles. The highest BCUT2D eigenvalue weighted by atomic mass is 15.0. The van der Waals surface area contributed by atoms with E-state index in [9.17, 15) is 15.8 Å². The highest BCUT2D eigenvalue weighted by Crippen LogP contribution is 2.40. The van der Waals surface area contributed by atoms with Crippen LogP contribution in [0, 0.1) is 34.0 Å². The van der Waals surface area contributed by atoms with Gasteiger partial charge in [-0.1, -0.05) is 84.9 Å². The number of fused-ring (bicyclic) bond motifs is 6. The smallest absolute Gasteiger partial charge is 0.101 e. The maximum absolute atomic E-state index is 10.2. The third kappa shape index (κ3) is 4.38. The molecule has 0 unspecified atom stereocenters. The van der Waals surface area contributed by atoms with Gasteiger partial charge in [-0.3, -0.25) is 0 Å². The lowest BCUT2D eigenvalue weighted by Gasteiger charge is -2.16. The van der Waals surface area contributed by atoms with Crippen molar-refractivity contribution in [1.29, 1.82) is 15.8 Å². The van der Waals surface area contributed by atoms with Gasteiger partial charge in [0.15, 0.2) is 0 Å². The van der Waals surface area contributed by atoms with Crippen molar-refractivity contribution in [1.82, 2.24) is 9.13 Å². The summed E-state index contributed by atoms with van der Waals surface area (Å²) in [6.45, 7) is 0. The number of benzene rings is 7. The van der Waals surface area contributed by atoms with Crippen LogP contribution in [-0.4, -0.2) is 9.13 Å². The summed E-state index contributed by atoms with van der Waals surface area (Å²) in [6, 6.07) is 58.0. The van der Waals surface area contributed by atoms with E-state index in [2.05, 4.69) is 124 Å². The second-order valence-corrected chi connectivity index (χ2v) is 12.3. The van der Waals surface area contributed by atoms with E-state index in [1.807, 2.05) is 48.5 Å². The summed E-state index contributed by atoms with van der Waals surface area (Å²) in [5.74, 6) is 0. The normalized spacial score (nSPS) is 11.1. The van der Waals surface area contributed by atoms with E-state index in [0.29, 0.717) is 16.7 Å². The highest BCUT2D eigenvalue weighted by molar-refractivity contribution is 6.12. The largest absolute Gasteiger partial charge is 0.309 e. The molecule has 0 bridgehead atoms. The molecule has 0 fully saturated rings. The Morgan fingerprint density at radius 3 is 1.74 bits per heavy atom. The molecule has 0 saturated heterocycles. The summed E-state index contributed by atoms with van der Waals surface area (Å²) in [4.78, 5) is 0. The summed E-state index contributed by atoms with van der Waals surface area (Å²) < 4.78 is 4.39. The van der Waals surface area contributed by atoms with Gasteiger partial charge in [-0.15, -0.1) is 0 Å². The minimum atomic E-state index is 0.511. The van der Waals surface area contributed by atoms with E-state index in [0.717, 1.165) is 66.5 Å². The van der Waals surface area contributed by atoms with Crippen LogP contribution in [0.5, 0.6) is 0 Å². The molecule has 5 nitrogen and oxygen atoms in total. The first-order chi connectivity index (χ1) is 24.7. The van der Waals surface area contributed by atoms with Gasteiger partial charge in [-0.25, -0.2) is 0 Å². The van der Waals surface area contributed by atoms with Crippen molar-refractivity contribution in [2.75, 3.05) is 0 Å². The van der Waals surface area contributed by atoms with Gasteiger partial charge in [0.25, 0.3) is 0 Å². The van der Waals surface area contributed by atoms with Gasteiger partial charge in [0, 0.05) is 32.8 Å². The lowest BCUT2D eigenvalue weighted by Crippen LogP contribution is -2.00. The Morgan fingerprint density at radius 1 is 0.400 bits per heavy atom. The fourth-order valence-corrected chi connectivity index (χ4v) is 7.40. The molecule has 0 saturated carbocycles. The van der Waals surface area contributed by atoms with Crippen LogP contribution in [-0.2, 0) is 0 Å². The quantitative estimate of drug-likeness (QED) is 0.193. The predicted molar refractivity (Wildman–Crippen MR) is 200 cm³/mol. The zero-order valence-corrected chi connectivity index (χ0v) is 26.7. The summed E-state index contributed by atoms with van der Waals surface area (Å²) in [5.41, 5.74) is 11.4. The molecule has 9 rings (SSSR count). The lowest BCUT2D eigenvalue weighted by atomic mass is 9.96. The first kappa shape index (κ1) is 28.8. The fraction of sp³-hybridized carbons (Fsp3) is 0. The summed E-state index contributed by atoms with van der Waals surface area (Å²) in [6.07, 6.45) is 0. The van der Waals surface area contributed by atoms with Crippen molar-refractivity contribution in [2.24, 2.45) is 0 Å². The van der Waals surface area contributed by atoms with Gasteiger partial charge in [0.1, 0.15) is 6.07 Å². The number of nitriles is 3. The zero-order chi connectivity index (χ0) is 33.8. The average molecular weight is 636 g/mol. The molecule has 0 amide bonds. The van der Waals surface area contributed by atoms with Crippen LogP contribution in [0.3, 0.4) is 0 Å². The van der Waals surface area contributed by atoms with Gasteiger partial charge < -0.3 is 9.13 Å². The summed E-state index contributed by atoms with van der Waals surface area (Å²) >= 11 is 0.